The topological polar surface area (TPSA) is 81.8 Å². The molecule has 1 amide bonds. The fourth-order valence-corrected chi connectivity index (χ4v) is 5.91. The monoisotopic (exact) mass is 465 g/mol. The lowest BCUT2D eigenvalue weighted by atomic mass is 9.89. The van der Waals surface area contributed by atoms with Crippen LogP contribution in [0.5, 0.6) is 0 Å². The number of thioether (sulfide) groups is 1. The highest BCUT2D eigenvalue weighted by molar-refractivity contribution is 7.99. The van der Waals surface area contributed by atoms with Crippen molar-refractivity contribution in [2.45, 2.75) is 69.5 Å². The van der Waals surface area contributed by atoms with Crippen LogP contribution in [0, 0.1) is 5.92 Å². The van der Waals surface area contributed by atoms with Crippen LogP contribution in [0.2, 0.25) is 0 Å². The fourth-order valence-electron chi connectivity index (χ4n) is 5.04. The lowest BCUT2D eigenvalue weighted by Crippen LogP contribution is -2.31. The number of rotatable bonds is 6. The molecule has 1 aromatic rings. The van der Waals surface area contributed by atoms with Gasteiger partial charge in [-0.3, -0.25) is 9.59 Å². The molecule has 4 aliphatic rings. The van der Waals surface area contributed by atoms with Crippen molar-refractivity contribution in [2.24, 2.45) is 5.92 Å². The van der Waals surface area contributed by atoms with Gasteiger partial charge in [0.2, 0.25) is 5.91 Å². The molecular weight excluding hydrogens is 434 g/mol. The number of benzene rings is 1. The SMILES string of the molecule is O=C(CSc1nc2nn(-c3ccccc3)c(=O)c-2c2n1CCCCC2)NCC1CCCCC1. The second-order valence-corrected chi connectivity index (χ2v) is 10.1. The Bertz CT molecular complexity index is 1130. The van der Waals surface area contributed by atoms with E-state index in [0.717, 1.165) is 55.3 Å². The molecule has 0 spiro atoms. The van der Waals surface area contributed by atoms with Crippen LogP contribution in [-0.2, 0) is 17.8 Å². The number of amides is 1. The van der Waals surface area contributed by atoms with Gasteiger partial charge in [-0.15, -0.1) is 5.10 Å². The van der Waals surface area contributed by atoms with Crippen molar-refractivity contribution in [2.75, 3.05) is 12.3 Å². The van der Waals surface area contributed by atoms with Crippen LogP contribution in [0.1, 0.15) is 57.1 Å². The molecule has 7 nitrogen and oxygen atoms in total. The lowest BCUT2D eigenvalue weighted by Gasteiger charge is -2.21. The quantitative estimate of drug-likeness (QED) is 0.439. The summed E-state index contributed by atoms with van der Waals surface area (Å²) in [6.45, 7) is 1.60. The van der Waals surface area contributed by atoms with Crippen LogP contribution < -0.4 is 10.9 Å². The number of fused-ring (bicyclic) bond motifs is 3. The molecule has 0 saturated heterocycles. The van der Waals surface area contributed by atoms with E-state index in [2.05, 4.69) is 15.0 Å². The van der Waals surface area contributed by atoms with E-state index >= 15 is 0 Å². The van der Waals surface area contributed by atoms with Crippen molar-refractivity contribution >= 4 is 17.7 Å². The van der Waals surface area contributed by atoms with Gasteiger partial charge in [0, 0.05) is 18.8 Å². The van der Waals surface area contributed by atoms with Crippen LogP contribution in [0.3, 0.4) is 0 Å². The van der Waals surface area contributed by atoms with Gasteiger partial charge in [0.1, 0.15) is 5.56 Å². The smallest absolute Gasteiger partial charge is 0.284 e. The van der Waals surface area contributed by atoms with Crippen LogP contribution in [0.4, 0.5) is 0 Å². The summed E-state index contributed by atoms with van der Waals surface area (Å²) in [5.41, 5.74) is 2.25. The summed E-state index contributed by atoms with van der Waals surface area (Å²) in [5, 5.41) is 8.48. The predicted molar refractivity (Wildman–Crippen MR) is 130 cm³/mol. The first-order valence-electron chi connectivity index (χ1n) is 12.2. The lowest BCUT2D eigenvalue weighted by molar-refractivity contribution is -0.118. The van der Waals surface area contributed by atoms with Gasteiger partial charge in [0.15, 0.2) is 11.0 Å². The highest BCUT2D eigenvalue weighted by Crippen LogP contribution is 2.30. The van der Waals surface area contributed by atoms with E-state index in [1.165, 1.54) is 48.5 Å². The molecule has 0 radical (unpaired) electrons. The molecule has 0 bridgehead atoms. The third-order valence-electron chi connectivity index (χ3n) is 6.81. The second-order valence-electron chi connectivity index (χ2n) is 9.15. The van der Waals surface area contributed by atoms with Gasteiger partial charge in [-0.05, 0) is 50.2 Å². The third kappa shape index (κ3) is 4.86. The zero-order valence-corrected chi connectivity index (χ0v) is 19.8. The average Bonchev–Trinajstić information content (AvgIpc) is 3.01. The van der Waals surface area contributed by atoms with E-state index in [0.29, 0.717) is 23.1 Å². The molecule has 33 heavy (non-hydrogen) atoms. The Kier molecular flexibility index (Phi) is 6.80. The number of para-hydroxylation sites is 1. The van der Waals surface area contributed by atoms with Crippen LogP contribution in [0.25, 0.3) is 17.1 Å². The highest BCUT2D eigenvalue weighted by Gasteiger charge is 2.27. The molecule has 5 rings (SSSR count). The molecule has 1 N–H and O–H groups in total. The minimum Gasteiger partial charge on any atom is -0.355 e. The van der Waals surface area contributed by atoms with E-state index < -0.39 is 0 Å². The fraction of sp³-hybridized carbons (Fsp3) is 0.520. The largest absolute Gasteiger partial charge is 0.355 e. The first-order valence-corrected chi connectivity index (χ1v) is 13.2. The van der Waals surface area contributed by atoms with Crippen molar-refractivity contribution in [1.82, 2.24) is 24.6 Å². The molecule has 0 atom stereocenters. The Morgan fingerprint density at radius 1 is 1.06 bits per heavy atom. The van der Waals surface area contributed by atoms with E-state index in [1.807, 2.05) is 30.3 Å². The molecular formula is C25H31N5O2S. The number of carbonyl (C=O) groups excluding carboxylic acids is 1. The summed E-state index contributed by atoms with van der Waals surface area (Å²) < 4.78 is 3.61. The van der Waals surface area contributed by atoms with E-state index in [1.54, 1.807) is 0 Å². The van der Waals surface area contributed by atoms with E-state index in [4.69, 9.17) is 4.98 Å². The minimum atomic E-state index is -0.115. The Hall–Kier alpha value is -2.61. The van der Waals surface area contributed by atoms with Crippen molar-refractivity contribution in [3.8, 4) is 17.1 Å². The van der Waals surface area contributed by atoms with Crippen molar-refractivity contribution in [3.63, 3.8) is 0 Å². The first kappa shape index (κ1) is 22.2. The van der Waals surface area contributed by atoms with Crippen LogP contribution in [-0.4, -0.2) is 37.5 Å². The van der Waals surface area contributed by atoms with Gasteiger partial charge in [0.25, 0.3) is 5.56 Å². The van der Waals surface area contributed by atoms with Gasteiger partial charge in [0.05, 0.1) is 11.4 Å². The number of aromatic nitrogens is 4. The maximum absolute atomic E-state index is 13.3. The number of hydrogen-bond donors (Lipinski definition) is 1. The van der Waals surface area contributed by atoms with Crippen molar-refractivity contribution < 1.29 is 4.79 Å². The predicted octanol–water partition coefficient (Wildman–Crippen LogP) is 4.05. The van der Waals surface area contributed by atoms with Crippen LogP contribution in [0.15, 0.2) is 40.3 Å². The number of carbonyl (C=O) groups is 1. The second kappa shape index (κ2) is 10.1. The van der Waals surface area contributed by atoms with Gasteiger partial charge >= 0.3 is 0 Å². The summed E-state index contributed by atoms with van der Waals surface area (Å²) >= 11 is 1.45. The standard InChI is InChI=1S/C25H31N5O2S/c31-21(26-16-18-10-4-1-5-11-18)17-33-25-27-23-22(20-14-8-3-9-15-29(20)25)24(32)30(28-23)19-12-6-2-7-13-19/h2,6-7,12-13,18H,1,3-5,8-11,14-17H2,(H,26,31). The maximum atomic E-state index is 13.3. The molecule has 1 fully saturated rings. The number of nitrogens with one attached hydrogen (secondary N) is 1. The zero-order valence-electron chi connectivity index (χ0n) is 19.0. The van der Waals surface area contributed by atoms with E-state index in [9.17, 15) is 9.59 Å². The molecule has 3 heterocycles. The normalized spacial score (nSPS) is 17.0. The summed E-state index contributed by atoms with van der Waals surface area (Å²) in [5.74, 6) is 1.47. The summed E-state index contributed by atoms with van der Waals surface area (Å²) in [6, 6.07) is 9.48. The molecule has 1 saturated carbocycles. The first-order chi connectivity index (χ1) is 16.2. The summed E-state index contributed by atoms with van der Waals surface area (Å²) in [4.78, 5) is 30.6. The average molecular weight is 466 g/mol. The van der Waals surface area contributed by atoms with Crippen molar-refractivity contribution in [1.29, 1.82) is 0 Å². The minimum absolute atomic E-state index is 0.0507. The maximum Gasteiger partial charge on any atom is 0.284 e. The van der Waals surface area contributed by atoms with Gasteiger partial charge in [-0.1, -0.05) is 55.6 Å². The van der Waals surface area contributed by atoms with E-state index in [-0.39, 0.29) is 11.5 Å². The third-order valence-corrected chi connectivity index (χ3v) is 7.79. The van der Waals surface area contributed by atoms with Crippen LogP contribution >= 0.6 is 11.8 Å². The summed E-state index contributed by atoms with van der Waals surface area (Å²) in [7, 11) is 0. The molecule has 3 aliphatic heterocycles. The Morgan fingerprint density at radius 2 is 1.85 bits per heavy atom. The number of hydrogen-bond acceptors (Lipinski definition) is 5. The zero-order chi connectivity index (χ0) is 22.6. The van der Waals surface area contributed by atoms with Gasteiger partial charge in [-0.2, -0.15) is 4.68 Å². The molecule has 0 unspecified atom stereocenters. The highest BCUT2D eigenvalue weighted by atomic mass is 32.2. The summed E-state index contributed by atoms with van der Waals surface area (Å²) in [6.07, 6.45) is 10.4. The molecule has 1 aromatic carbocycles. The van der Waals surface area contributed by atoms with Gasteiger partial charge in [-0.25, -0.2) is 4.98 Å². The van der Waals surface area contributed by atoms with Gasteiger partial charge < -0.3 is 9.88 Å². The Balaban J connectivity index is 1.40. The molecule has 174 valence electrons. The van der Waals surface area contributed by atoms with Crippen molar-refractivity contribution in [3.05, 3.63) is 46.4 Å². The Morgan fingerprint density at radius 3 is 2.67 bits per heavy atom. The molecule has 0 aromatic heterocycles. The molecule has 1 aliphatic carbocycles. The number of nitrogens with zero attached hydrogens (tertiary/aromatic N) is 4. The molecule has 8 heteroatoms. The Labute approximate surface area is 198 Å².